The highest BCUT2D eigenvalue weighted by atomic mass is 35.5. The second kappa shape index (κ2) is 4.13. The standard InChI is InChI=1S/C11H11ClS2/c1-7-8(5-12)3-4-9-11(7)10(13-2)6-14-9/h3-4,6H,5H2,1-2H3. The summed E-state index contributed by atoms with van der Waals surface area (Å²) in [6.07, 6.45) is 2.12. The third-order valence-electron chi connectivity index (χ3n) is 2.44. The number of thioether (sulfide) groups is 1. The molecule has 0 radical (unpaired) electrons. The first-order valence-corrected chi connectivity index (χ1v) is 7.01. The monoisotopic (exact) mass is 242 g/mol. The Bertz CT molecular complexity index is 460. The first-order chi connectivity index (χ1) is 6.77. The zero-order valence-electron chi connectivity index (χ0n) is 8.13. The van der Waals surface area contributed by atoms with Crippen LogP contribution in [-0.4, -0.2) is 6.26 Å². The minimum Gasteiger partial charge on any atom is -0.143 e. The van der Waals surface area contributed by atoms with Crippen molar-refractivity contribution in [1.29, 1.82) is 0 Å². The van der Waals surface area contributed by atoms with Gasteiger partial charge in [0.05, 0.1) is 0 Å². The Kier molecular flexibility index (Phi) is 3.05. The summed E-state index contributed by atoms with van der Waals surface area (Å²) < 4.78 is 1.36. The van der Waals surface area contributed by atoms with Crippen LogP contribution in [0.3, 0.4) is 0 Å². The van der Waals surface area contributed by atoms with Gasteiger partial charge < -0.3 is 0 Å². The van der Waals surface area contributed by atoms with Gasteiger partial charge in [-0.1, -0.05) is 6.07 Å². The maximum Gasteiger partial charge on any atom is 0.0476 e. The first-order valence-electron chi connectivity index (χ1n) is 4.37. The fourth-order valence-electron chi connectivity index (χ4n) is 1.61. The Morgan fingerprint density at radius 2 is 2.21 bits per heavy atom. The Labute approximate surface area is 97.3 Å². The number of thiophene rings is 1. The van der Waals surface area contributed by atoms with Crippen LogP contribution in [0.5, 0.6) is 0 Å². The molecule has 1 aromatic carbocycles. The van der Waals surface area contributed by atoms with E-state index in [1.165, 1.54) is 26.1 Å². The highest BCUT2D eigenvalue weighted by molar-refractivity contribution is 7.99. The van der Waals surface area contributed by atoms with Crippen molar-refractivity contribution in [3.8, 4) is 0 Å². The molecule has 0 nitrogen and oxygen atoms in total. The minimum atomic E-state index is 0.603. The number of rotatable bonds is 2. The molecule has 0 atom stereocenters. The molecule has 14 heavy (non-hydrogen) atoms. The molecular formula is C11H11ClS2. The summed E-state index contributed by atoms with van der Waals surface area (Å²) in [5.41, 5.74) is 2.58. The Balaban J connectivity index is 2.77. The fraction of sp³-hybridized carbons (Fsp3) is 0.273. The van der Waals surface area contributed by atoms with Crippen molar-refractivity contribution in [2.24, 2.45) is 0 Å². The zero-order chi connectivity index (χ0) is 10.1. The molecule has 0 aliphatic rings. The molecule has 0 fully saturated rings. The van der Waals surface area contributed by atoms with Gasteiger partial charge in [0.2, 0.25) is 0 Å². The second-order valence-electron chi connectivity index (χ2n) is 3.16. The molecule has 1 heterocycles. The molecule has 2 rings (SSSR count). The molecule has 0 aliphatic heterocycles. The molecular weight excluding hydrogens is 232 g/mol. The molecule has 3 heteroatoms. The largest absolute Gasteiger partial charge is 0.143 e. The predicted molar refractivity (Wildman–Crippen MR) is 67.9 cm³/mol. The smallest absolute Gasteiger partial charge is 0.0476 e. The van der Waals surface area contributed by atoms with E-state index in [1.54, 1.807) is 11.8 Å². The first kappa shape index (κ1) is 10.3. The fourth-order valence-corrected chi connectivity index (χ4v) is 3.84. The highest BCUT2D eigenvalue weighted by Crippen LogP contribution is 2.35. The third kappa shape index (κ3) is 1.56. The average molecular weight is 243 g/mol. The van der Waals surface area contributed by atoms with E-state index >= 15 is 0 Å². The molecule has 2 aromatic rings. The predicted octanol–water partition coefficient (Wildman–Crippen LogP) is 4.67. The Morgan fingerprint density at radius 3 is 2.86 bits per heavy atom. The van der Waals surface area contributed by atoms with Crippen molar-refractivity contribution >= 4 is 44.8 Å². The minimum absolute atomic E-state index is 0.603. The van der Waals surface area contributed by atoms with Gasteiger partial charge in [-0.3, -0.25) is 0 Å². The van der Waals surface area contributed by atoms with Crippen molar-refractivity contribution in [3.05, 3.63) is 28.6 Å². The molecule has 0 saturated heterocycles. The van der Waals surface area contributed by atoms with Crippen LogP contribution in [0, 0.1) is 6.92 Å². The Hall–Kier alpha value is -0.180. The summed E-state index contributed by atoms with van der Waals surface area (Å²) in [5, 5.41) is 3.61. The van der Waals surface area contributed by atoms with Crippen molar-refractivity contribution in [2.45, 2.75) is 17.7 Å². The number of hydrogen-bond acceptors (Lipinski definition) is 2. The van der Waals surface area contributed by atoms with E-state index in [0.717, 1.165) is 0 Å². The second-order valence-corrected chi connectivity index (χ2v) is 5.19. The molecule has 0 amide bonds. The van der Waals surface area contributed by atoms with Gasteiger partial charge in [0, 0.05) is 26.2 Å². The SMILES string of the molecule is CSc1csc2ccc(CCl)c(C)c12. The summed E-state index contributed by atoms with van der Waals surface area (Å²) >= 11 is 9.51. The summed E-state index contributed by atoms with van der Waals surface area (Å²) in [6, 6.07) is 4.30. The lowest BCUT2D eigenvalue weighted by Gasteiger charge is -2.04. The molecule has 0 saturated carbocycles. The van der Waals surface area contributed by atoms with E-state index in [1.807, 2.05) is 11.3 Å². The number of alkyl halides is 1. The van der Waals surface area contributed by atoms with Gasteiger partial charge in [-0.2, -0.15) is 0 Å². The maximum atomic E-state index is 5.89. The molecule has 0 N–H and O–H groups in total. The van der Waals surface area contributed by atoms with Gasteiger partial charge in [0.15, 0.2) is 0 Å². The van der Waals surface area contributed by atoms with Crippen LogP contribution < -0.4 is 0 Å². The summed E-state index contributed by atoms with van der Waals surface area (Å²) in [4.78, 5) is 1.37. The number of benzene rings is 1. The van der Waals surface area contributed by atoms with Crippen LogP contribution >= 0.6 is 34.7 Å². The third-order valence-corrected chi connectivity index (χ3v) is 4.59. The van der Waals surface area contributed by atoms with Crippen molar-refractivity contribution in [1.82, 2.24) is 0 Å². The summed E-state index contributed by atoms with van der Waals surface area (Å²) in [5.74, 6) is 0.603. The van der Waals surface area contributed by atoms with E-state index in [9.17, 15) is 0 Å². The summed E-state index contributed by atoms with van der Waals surface area (Å²) in [6.45, 7) is 2.16. The lowest BCUT2D eigenvalue weighted by Crippen LogP contribution is -1.85. The van der Waals surface area contributed by atoms with E-state index in [0.29, 0.717) is 5.88 Å². The van der Waals surface area contributed by atoms with E-state index in [4.69, 9.17) is 11.6 Å². The normalized spacial score (nSPS) is 11.1. The van der Waals surface area contributed by atoms with Gasteiger partial charge in [-0.25, -0.2) is 0 Å². The molecule has 74 valence electrons. The van der Waals surface area contributed by atoms with Crippen molar-refractivity contribution in [2.75, 3.05) is 6.26 Å². The van der Waals surface area contributed by atoms with Crippen LogP contribution in [0.2, 0.25) is 0 Å². The van der Waals surface area contributed by atoms with Gasteiger partial charge in [0.25, 0.3) is 0 Å². The van der Waals surface area contributed by atoms with Crippen LogP contribution in [0.25, 0.3) is 10.1 Å². The van der Waals surface area contributed by atoms with Gasteiger partial charge in [-0.05, 0) is 30.4 Å². The molecule has 0 spiro atoms. The van der Waals surface area contributed by atoms with E-state index in [2.05, 4.69) is 30.7 Å². The summed E-state index contributed by atoms with van der Waals surface area (Å²) in [7, 11) is 0. The van der Waals surface area contributed by atoms with Crippen molar-refractivity contribution in [3.63, 3.8) is 0 Å². The van der Waals surface area contributed by atoms with Crippen LogP contribution in [0.4, 0.5) is 0 Å². The average Bonchev–Trinajstić information content (AvgIpc) is 2.62. The highest BCUT2D eigenvalue weighted by Gasteiger charge is 2.08. The van der Waals surface area contributed by atoms with Crippen LogP contribution in [0.15, 0.2) is 22.4 Å². The number of halogens is 1. The quantitative estimate of drug-likeness (QED) is 0.545. The lowest BCUT2D eigenvalue weighted by atomic mass is 10.1. The van der Waals surface area contributed by atoms with Gasteiger partial charge in [0.1, 0.15) is 0 Å². The van der Waals surface area contributed by atoms with Crippen LogP contribution in [-0.2, 0) is 5.88 Å². The number of aryl methyl sites for hydroxylation is 1. The molecule has 0 unspecified atom stereocenters. The lowest BCUT2D eigenvalue weighted by molar-refractivity contribution is 1.32. The molecule has 1 aromatic heterocycles. The van der Waals surface area contributed by atoms with E-state index in [-0.39, 0.29) is 0 Å². The van der Waals surface area contributed by atoms with Gasteiger partial charge >= 0.3 is 0 Å². The topological polar surface area (TPSA) is 0 Å². The zero-order valence-corrected chi connectivity index (χ0v) is 10.5. The number of hydrogen-bond donors (Lipinski definition) is 0. The molecule has 0 bridgehead atoms. The van der Waals surface area contributed by atoms with Crippen molar-refractivity contribution < 1.29 is 0 Å². The number of fused-ring (bicyclic) bond motifs is 1. The molecule has 0 aliphatic carbocycles. The van der Waals surface area contributed by atoms with Gasteiger partial charge in [-0.15, -0.1) is 34.7 Å². The maximum absolute atomic E-state index is 5.89. The Morgan fingerprint density at radius 1 is 1.43 bits per heavy atom. The van der Waals surface area contributed by atoms with E-state index < -0.39 is 0 Å². The van der Waals surface area contributed by atoms with Crippen LogP contribution in [0.1, 0.15) is 11.1 Å².